The average Bonchev–Trinajstić information content (AvgIpc) is 2.88. The topological polar surface area (TPSA) is 145 Å². The molecule has 8 nitrogen and oxygen atoms in total. The van der Waals surface area contributed by atoms with Gasteiger partial charge in [-0.2, -0.15) is 0 Å². The van der Waals surface area contributed by atoms with Crippen LogP contribution in [0.2, 0.25) is 0 Å². The van der Waals surface area contributed by atoms with E-state index in [1.165, 1.54) is 0 Å². The number of rotatable bonds is 2. The Morgan fingerprint density at radius 1 is 0.889 bits per heavy atom. The van der Waals surface area contributed by atoms with Gasteiger partial charge in [-0.25, -0.2) is 0 Å². The van der Waals surface area contributed by atoms with E-state index in [1.54, 1.807) is 0 Å². The van der Waals surface area contributed by atoms with E-state index >= 15 is 0 Å². The van der Waals surface area contributed by atoms with Crippen LogP contribution >= 0.6 is 0 Å². The molecule has 0 bridgehead atoms. The molecule has 2 saturated heterocycles. The van der Waals surface area contributed by atoms with Crippen molar-refractivity contribution in [3.63, 3.8) is 0 Å². The van der Waals surface area contributed by atoms with Gasteiger partial charge in [-0.3, -0.25) is 0 Å². The lowest BCUT2D eigenvalue weighted by Gasteiger charge is -2.08. The van der Waals surface area contributed by atoms with Gasteiger partial charge in [0.15, 0.2) is 0 Å². The first-order valence-corrected chi connectivity index (χ1v) is 5.64. The second kappa shape index (κ2) is 6.64. The number of carbonyl (C=O) groups excluding carboxylic acids is 2. The average molecular weight is 260 g/mol. The fourth-order valence-corrected chi connectivity index (χ4v) is 1.79. The van der Waals surface area contributed by atoms with Crippen LogP contribution < -0.4 is 20.8 Å². The molecule has 18 heavy (non-hydrogen) atoms. The predicted octanol–water partition coefficient (Wildman–Crippen LogP) is -5.08. The highest BCUT2D eigenvalue weighted by Crippen LogP contribution is 2.04. The van der Waals surface area contributed by atoms with E-state index in [0.717, 1.165) is 0 Å². The number of carbonyl (C=O) groups is 2. The molecule has 0 aromatic carbocycles. The van der Waals surface area contributed by atoms with Crippen molar-refractivity contribution in [2.24, 2.45) is 0 Å². The molecule has 0 radical (unpaired) electrons. The van der Waals surface area contributed by atoms with Gasteiger partial charge in [0, 0.05) is 25.2 Å². The summed E-state index contributed by atoms with van der Waals surface area (Å²) in [6.45, 7) is 0.720. The molecule has 2 aliphatic rings. The number of hydrogen-bond acceptors (Lipinski definition) is 8. The second-order valence-electron chi connectivity index (χ2n) is 4.34. The Kier molecular flexibility index (Phi) is 5.48. The maximum absolute atomic E-state index is 10.1. The molecule has 4 atom stereocenters. The summed E-state index contributed by atoms with van der Waals surface area (Å²) in [7, 11) is 0. The molecule has 8 heteroatoms. The minimum Gasteiger partial charge on any atom is -0.548 e. The fourth-order valence-electron chi connectivity index (χ4n) is 1.79. The summed E-state index contributed by atoms with van der Waals surface area (Å²) in [5.41, 5.74) is 0. The zero-order valence-electron chi connectivity index (χ0n) is 9.67. The lowest BCUT2D eigenvalue weighted by atomic mass is 10.2. The third-order valence-corrected chi connectivity index (χ3v) is 2.78. The number of hydrogen-bond donors (Lipinski definition) is 4. The normalized spacial score (nSPS) is 34.8. The Morgan fingerprint density at radius 2 is 1.22 bits per heavy atom. The zero-order valence-corrected chi connectivity index (χ0v) is 9.67. The number of carboxylic acids is 2. The van der Waals surface area contributed by atoms with Crippen LogP contribution in [0.4, 0.5) is 0 Å². The van der Waals surface area contributed by atoms with E-state index in [9.17, 15) is 19.8 Å². The van der Waals surface area contributed by atoms with E-state index in [2.05, 4.69) is 10.6 Å². The van der Waals surface area contributed by atoms with Crippen LogP contribution in [0.1, 0.15) is 12.8 Å². The van der Waals surface area contributed by atoms with Crippen LogP contribution in [0, 0.1) is 0 Å². The molecule has 0 aromatic rings. The van der Waals surface area contributed by atoms with Crippen molar-refractivity contribution in [2.75, 3.05) is 13.1 Å². The molecule has 4 unspecified atom stereocenters. The molecule has 4 N–H and O–H groups in total. The molecule has 0 aromatic heterocycles. The van der Waals surface area contributed by atoms with Crippen molar-refractivity contribution in [3.05, 3.63) is 0 Å². The van der Waals surface area contributed by atoms with Gasteiger partial charge in [-0.05, 0) is 12.8 Å². The number of aliphatic carboxylic acids is 2. The minimum atomic E-state index is -1.13. The molecule has 2 heterocycles. The second-order valence-corrected chi connectivity index (χ2v) is 4.34. The molecule has 2 rings (SSSR count). The van der Waals surface area contributed by atoms with E-state index in [4.69, 9.17) is 10.2 Å². The maximum Gasteiger partial charge on any atom is 0.0683 e. The van der Waals surface area contributed by atoms with Crippen LogP contribution in [-0.2, 0) is 9.59 Å². The third-order valence-electron chi connectivity index (χ3n) is 2.78. The smallest absolute Gasteiger partial charge is 0.0683 e. The number of aliphatic hydroxyl groups is 2. The van der Waals surface area contributed by atoms with Gasteiger partial charge < -0.3 is 40.6 Å². The molecular weight excluding hydrogens is 244 g/mol. The summed E-state index contributed by atoms with van der Waals surface area (Å²) < 4.78 is 0. The summed E-state index contributed by atoms with van der Waals surface area (Å²) in [6, 6.07) is -1.31. The fraction of sp³-hybridized carbons (Fsp3) is 0.800. The third kappa shape index (κ3) is 4.57. The first-order valence-electron chi connectivity index (χ1n) is 5.64. The molecule has 0 saturated carbocycles. The van der Waals surface area contributed by atoms with Gasteiger partial charge in [0.05, 0.1) is 24.1 Å². The molecule has 0 amide bonds. The minimum absolute atomic E-state index is 0.266. The standard InChI is InChI=1S/2C5H9NO3/c2*7-3-1-4(5(8)9)6-2-3/h2*3-4,6-7H,1-2H2,(H,8,9)/p-2. The monoisotopic (exact) mass is 260 g/mol. The quantitative estimate of drug-likeness (QED) is 0.386. The largest absolute Gasteiger partial charge is 0.548 e. The molecule has 104 valence electrons. The first-order chi connectivity index (χ1) is 8.40. The van der Waals surface area contributed by atoms with E-state index in [1.807, 2.05) is 0 Å². The lowest BCUT2D eigenvalue weighted by Crippen LogP contribution is -2.41. The Balaban J connectivity index is 0.000000180. The summed E-state index contributed by atoms with van der Waals surface area (Å²) >= 11 is 0. The van der Waals surface area contributed by atoms with Crippen molar-refractivity contribution in [2.45, 2.75) is 37.1 Å². The summed E-state index contributed by atoms with van der Waals surface area (Å²) in [5, 5.41) is 42.9. The van der Waals surface area contributed by atoms with E-state index < -0.39 is 36.2 Å². The van der Waals surface area contributed by atoms with Gasteiger partial charge in [0.2, 0.25) is 0 Å². The Bertz CT molecular complexity index is 281. The van der Waals surface area contributed by atoms with Gasteiger partial charge in [-0.1, -0.05) is 0 Å². The van der Waals surface area contributed by atoms with Crippen LogP contribution in [-0.4, -0.2) is 59.5 Å². The van der Waals surface area contributed by atoms with Gasteiger partial charge >= 0.3 is 0 Å². The van der Waals surface area contributed by atoms with Crippen molar-refractivity contribution in [1.29, 1.82) is 0 Å². The highest BCUT2D eigenvalue weighted by atomic mass is 16.4. The number of carboxylic acid groups (broad SMARTS) is 2. The SMILES string of the molecule is O=C([O-])C1CC(O)CN1.O=C([O-])C1CC(O)CN1. The summed E-state index contributed by atoms with van der Waals surface area (Å²) in [6.07, 6.45) is -0.509. The predicted molar refractivity (Wildman–Crippen MR) is 54.8 cm³/mol. The van der Waals surface area contributed by atoms with Gasteiger partial charge in [-0.15, -0.1) is 0 Å². The number of β-amino-alcohol motifs (C(OH)–C–C–N with tert-alkyl or cyclic N) is 2. The van der Waals surface area contributed by atoms with Crippen LogP contribution in [0.25, 0.3) is 0 Å². The van der Waals surface area contributed by atoms with Crippen molar-refractivity contribution in [3.8, 4) is 0 Å². The van der Waals surface area contributed by atoms with Crippen LogP contribution in [0.5, 0.6) is 0 Å². The molecular formula is C10H16N2O6-2. The Hall–Kier alpha value is -1.22. The first kappa shape index (κ1) is 14.8. The van der Waals surface area contributed by atoms with Crippen LogP contribution in [0.3, 0.4) is 0 Å². The molecule has 0 spiro atoms. The van der Waals surface area contributed by atoms with Crippen molar-refractivity contribution < 1.29 is 30.0 Å². The van der Waals surface area contributed by atoms with E-state index in [0.29, 0.717) is 13.1 Å². The van der Waals surface area contributed by atoms with Gasteiger partial charge in [0.25, 0.3) is 0 Å². The molecule has 2 aliphatic heterocycles. The van der Waals surface area contributed by atoms with Crippen LogP contribution in [0.15, 0.2) is 0 Å². The van der Waals surface area contributed by atoms with E-state index in [-0.39, 0.29) is 12.8 Å². The molecule has 0 aliphatic carbocycles. The Labute approximate surface area is 104 Å². The summed E-state index contributed by atoms with van der Waals surface area (Å²) in [4.78, 5) is 20.1. The lowest BCUT2D eigenvalue weighted by molar-refractivity contribution is -0.309. The zero-order chi connectivity index (χ0) is 13.7. The Morgan fingerprint density at radius 3 is 1.33 bits per heavy atom. The van der Waals surface area contributed by atoms with Crippen molar-refractivity contribution >= 4 is 11.9 Å². The number of aliphatic hydroxyl groups excluding tert-OH is 2. The maximum atomic E-state index is 10.1. The highest BCUT2D eigenvalue weighted by molar-refractivity contribution is 5.72. The molecule has 2 fully saturated rings. The van der Waals surface area contributed by atoms with Crippen molar-refractivity contribution in [1.82, 2.24) is 10.6 Å². The highest BCUT2D eigenvalue weighted by Gasteiger charge is 2.22. The number of nitrogens with one attached hydrogen (secondary N) is 2. The van der Waals surface area contributed by atoms with Gasteiger partial charge in [0.1, 0.15) is 0 Å². The summed E-state index contributed by atoms with van der Waals surface area (Å²) in [5.74, 6) is -2.27.